The van der Waals surface area contributed by atoms with Crippen molar-refractivity contribution in [2.24, 2.45) is 28.1 Å². The molecule has 0 aromatic carbocycles. The van der Waals surface area contributed by atoms with E-state index in [-0.39, 0.29) is 48.6 Å². The van der Waals surface area contributed by atoms with Crippen LogP contribution in [-0.4, -0.2) is 48.4 Å². The molecule has 2 aliphatic heterocycles. The van der Waals surface area contributed by atoms with Crippen LogP contribution in [0.4, 0.5) is 0 Å². The second kappa shape index (κ2) is 6.99. The fourth-order valence-corrected chi connectivity index (χ4v) is 7.55. The van der Waals surface area contributed by atoms with Gasteiger partial charge in [0.25, 0.3) is 0 Å². The van der Waals surface area contributed by atoms with E-state index in [4.69, 9.17) is 14.2 Å². The Kier molecular flexibility index (Phi) is 5.06. The smallest absolute Gasteiger partial charge is 0.309 e. The van der Waals surface area contributed by atoms with Crippen LogP contribution >= 0.6 is 0 Å². The van der Waals surface area contributed by atoms with E-state index in [1.807, 2.05) is 20.8 Å². The second-order valence-electron chi connectivity index (χ2n) is 11.2. The van der Waals surface area contributed by atoms with Crippen LogP contribution in [0.2, 0.25) is 0 Å². The van der Waals surface area contributed by atoms with E-state index in [1.54, 1.807) is 0 Å². The van der Waals surface area contributed by atoms with E-state index in [9.17, 15) is 19.2 Å². The number of ketones is 2. The highest BCUT2D eigenvalue weighted by atomic mass is 16.6. The number of methoxy groups -OCH3 is 1. The highest BCUT2D eigenvalue weighted by molar-refractivity contribution is 5.88. The number of carbonyl (C=O) groups is 4. The average Bonchev–Trinajstić information content (AvgIpc) is 2.70. The van der Waals surface area contributed by atoms with E-state index in [0.29, 0.717) is 6.42 Å². The van der Waals surface area contributed by atoms with Crippen LogP contribution in [0, 0.1) is 28.1 Å². The molecule has 0 aromatic rings. The van der Waals surface area contributed by atoms with Crippen molar-refractivity contribution in [3.05, 3.63) is 12.2 Å². The molecule has 32 heavy (non-hydrogen) atoms. The predicted octanol–water partition coefficient (Wildman–Crippen LogP) is 3.19. The molecule has 4 aliphatic rings. The molecule has 0 unspecified atom stereocenters. The zero-order valence-electron chi connectivity index (χ0n) is 19.9. The predicted molar refractivity (Wildman–Crippen MR) is 114 cm³/mol. The molecule has 2 bridgehead atoms. The van der Waals surface area contributed by atoms with Crippen molar-refractivity contribution in [3.63, 3.8) is 0 Å². The number of cyclic esters (lactones) is 1. The van der Waals surface area contributed by atoms with Gasteiger partial charge in [-0.3, -0.25) is 19.2 Å². The van der Waals surface area contributed by atoms with E-state index in [2.05, 4.69) is 13.5 Å². The monoisotopic (exact) mass is 446 g/mol. The molecule has 176 valence electrons. The van der Waals surface area contributed by atoms with Gasteiger partial charge < -0.3 is 14.2 Å². The van der Waals surface area contributed by atoms with Gasteiger partial charge in [0.1, 0.15) is 11.4 Å². The van der Waals surface area contributed by atoms with Gasteiger partial charge in [-0.1, -0.05) is 34.3 Å². The second-order valence-corrected chi connectivity index (χ2v) is 11.2. The quantitative estimate of drug-likeness (QED) is 0.485. The lowest BCUT2D eigenvalue weighted by Crippen LogP contribution is -2.74. The highest BCUT2D eigenvalue weighted by Gasteiger charge is 2.73. The highest BCUT2D eigenvalue weighted by Crippen LogP contribution is 2.70. The van der Waals surface area contributed by atoms with Crippen molar-refractivity contribution >= 4 is 23.5 Å². The lowest BCUT2D eigenvalue weighted by molar-refractivity contribution is -0.293. The van der Waals surface area contributed by atoms with Crippen LogP contribution in [-0.2, 0) is 33.4 Å². The molecule has 0 aromatic heterocycles. The Morgan fingerprint density at radius 3 is 2.44 bits per heavy atom. The van der Waals surface area contributed by atoms with Gasteiger partial charge in [0.05, 0.1) is 19.6 Å². The first-order valence-electron chi connectivity index (χ1n) is 11.4. The minimum absolute atomic E-state index is 0.0194. The summed E-state index contributed by atoms with van der Waals surface area (Å²) < 4.78 is 17.3. The van der Waals surface area contributed by atoms with Crippen molar-refractivity contribution in [3.8, 4) is 0 Å². The summed E-state index contributed by atoms with van der Waals surface area (Å²) in [7, 11) is 1.35. The molecule has 4 rings (SSSR count). The average molecular weight is 447 g/mol. The normalized spacial score (nSPS) is 44.8. The maximum Gasteiger partial charge on any atom is 0.309 e. The van der Waals surface area contributed by atoms with Gasteiger partial charge in [-0.2, -0.15) is 0 Å². The number of carbonyl (C=O) groups excluding carboxylic acids is 4. The Hall–Kier alpha value is -2.02. The van der Waals surface area contributed by atoms with Crippen LogP contribution in [0.5, 0.6) is 0 Å². The molecule has 2 heterocycles. The summed E-state index contributed by atoms with van der Waals surface area (Å²) >= 11 is 0. The maximum absolute atomic E-state index is 13.3. The van der Waals surface area contributed by atoms with Gasteiger partial charge in [0, 0.05) is 29.1 Å². The van der Waals surface area contributed by atoms with Gasteiger partial charge >= 0.3 is 11.9 Å². The summed E-state index contributed by atoms with van der Waals surface area (Å²) in [6.07, 6.45) is 0.222. The van der Waals surface area contributed by atoms with Crippen molar-refractivity contribution in [1.29, 1.82) is 0 Å². The molecule has 2 saturated heterocycles. The molecule has 0 amide bonds. The third kappa shape index (κ3) is 2.69. The zero-order chi connectivity index (χ0) is 23.9. The number of rotatable bonds is 3. The van der Waals surface area contributed by atoms with Crippen molar-refractivity contribution in [1.82, 2.24) is 0 Å². The number of fused-ring (bicyclic) bond motifs is 3. The Morgan fingerprint density at radius 2 is 1.84 bits per heavy atom. The Bertz CT molecular complexity index is 919. The number of Topliss-reactive ketones (excluding diaryl/α,β-unsaturated/α-hetero) is 2. The summed E-state index contributed by atoms with van der Waals surface area (Å²) in [5.74, 6) is -1.40. The van der Waals surface area contributed by atoms with Crippen molar-refractivity contribution < 1.29 is 33.4 Å². The van der Waals surface area contributed by atoms with Gasteiger partial charge in [0.15, 0.2) is 11.9 Å². The summed E-state index contributed by atoms with van der Waals surface area (Å²) in [5, 5.41) is 0. The van der Waals surface area contributed by atoms with Crippen LogP contribution in [0.25, 0.3) is 0 Å². The molecule has 7 nitrogen and oxygen atoms in total. The fourth-order valence-electron chi connectivity index (χ4n) is 7.55. The zero-order valence-corrected chi connectivity index (χ0v) is 19.9. The third-order valence-corrected chi connectivity index (χ3v) is 9.50. The molecule has 0 N–H and O–H groups in total. The van der Waals surface area contributed by atoms with E-state index in [0.717, 1.165) is 12.0 Å². The largest absolute Gasteiger partial charge is 0.469 e. The number of ether oxygens (including phenoxy) is 3. The standard InChI is InChI=1S/C25H34O7/c1-13-15-8-9-23(5)21(14(2)26)31-20(29)12-25(13,23)32-18-11-17(27)22(3,4)16(24(15,18)6)10-19(28)30-7/h15-16,18,21H,1,8-12H2,2-7H3/t15-,16-,18-,21-,23-,24+,25-/m0/s1. The minimum Gasteiger partial charge on any atom is -0.469 e. The maximum atomic E-state index is 13.3. The summed E-state index contributed by atoms with van der Waals surface area (Å²) in [6.45, 7) is 13.7. The molecule has 7 heteroatoms. The fraction of sp³-hybridized carbons (Fsp3) is 0.760. The Labute approximate surface area is 189 Å². The molecular weight excluding hydrogens is 412 g/mol. The minimum atomic E-state index is -1.07. The first-order valence-corrected chi connectivity index (χ1v) is 11.4. The molecule has 2 aliphatic carbocycles. The van der Waals surface area contributed by atoms with E-state index < -0.39 is 40.0 Å². The number of esters is 2. The molecule has 0 radical (unpaired) electrons. The topological polar surface area (TPSA) is 96.0 Å². The first kappa shape index (κ1) is 23.1. The van der Waals surface area contributed by atoms with E-state index in [1.165, 1.54) is 14.0 Å². The van der Waals surface area contributed by atoms with Gasteiger partial charge in [0.2, 0.25) is 0 Å². The Balaban J connectivity index is 1.86. The Morgan fingerprint density at radius 1 is 1.19 bits per heavy atom. The third-order valence-electron chi connectivity index (χ3n) is 9.50. The number of hydrogen-bond donors (Lipinski definition) is 0. The van der Waals surface area contributed by atoms with Crippen molar-refractivity contribution in [2.75, 3.05) is 7.11 Å². The van der Waals surface area contributed by atoms with Crippen LogP contribution in [0.3, 0.4) is 0 Å². The molecule has 2 saturated carbocycles. The lowest BCUT2D eigenvalue weighted by Gasteiger charge is -2.70. The summed E-state index contributed by atoms with van der Waals surface area (Å²) in [6, 6.07) is 0. The summed E-state index contributed by atoms with van der Waals surface area (Å²) in [4.78, 5) is 50.8. The molecule has 4 fully saturated rings. The van der Waals surface area contributed by atoms with Gasteiger partial charge in [-0.25, -0.2) is 0 Å². The first-order chi connectivity index (χ1) is 14.8. The molecule has 1 spiro atoms. The molecule has 7 atom stereocenters. The molecular formula is C25H34O7. The lowest BCUT2D eigenvalue weighted by atomic mass is 9.41. The van der Waals surface area contributed by atoms with Gasteiger partial charge in [-0.05, 0) is 37.2 Å². The van der Waals surface area contributed by atoms with Crippen LogP contribution in [0.15, 0.2) is 12.2 Å². The number of hydrogen-bond acceptors (Lipinski definition) is 7. The van der Waals surface area contributed by atoms with E-state index >= 15 is 0 Å². The van der Waals surface area contributed by atoms with Crippen molar-refractivity contribution in [2.45, 2.75) is 84.5 Å². The van der Waals surface area contributed by atoms with Gasteiger partial charge in [-0.15, -0.1) is 0 Å². The van der Waals surface area contributed by atoms with Crippen LogP contribution in [0.1, 0.15) is 66.7 Å². The van der Waals surface area contributed by atoms with Crippen LogP contribution < -0.4 is 0 Å². The SMILES string of the molecule is C=C1[C@@H]2CC[C@@]3(C)[C@H](C(C)=O)OC(=O)C[C@]13O[C@H]1CC(=O)C(C)(C)[C@H](CC(=O)OC)[C@]12C. The summed E-state index contributed by atoms with van der Waals surface area (Å²) in [5.41, 5.74) is -2.31.